The lowest BCUT2D eigenvalue weighted by atomic mass is 10.1. The molecule has 0 radical (unpaired) electrons. The van der Waals surface area contributed by atoms with E-state index in [9.17, 15) is 8.42 Å². The lowest BCUT2D eigenvalue weighted by molar-refractivity contribution is 0.182. The predicted octanol–water partition coefficient (Wildman–Crippen LogP) is 1.72. The van der Waals surface area contributed by atoms with Gasteiger partial charge in [-0.25, -0.2) is 13.4 Å². The van der Waals surface area contributed by atoms with Gasteiger partial charge in [0, 0.05) is 30.4 Å². The van der Waals surface area contributed by atoms with Crippen molar-refractivity contribution < 1.29 is 13.2 Å². The number of aryl methyl sites for hydroxylation is 2. The highest BCUT2D eigenvalue weighted by atomic mass is 32.2. The maximum Gasteiger partial charge on any atom is 0.218 e. The number of sulfone groups is 1. The zero-order valence-electron chi connectivity index (χ0n) is 13.5. The first-order chi connectivity index (χ1) is 10.4. The van der Waals surface area contributed by atoms with Crippen molar-refractivity contribution in [2.45, 2.75) is 39.3 Å². The number of ether oxygens (including phenoxy) is 1. The maximum atomic E-state index is 12.0. The Bertz CT molecular complexity index is 668. The number of hydrogen-bond acceptors (Lipinski definition) is 5. The van der Waals surface area contributed by atoms with Crippen LogP contribution in [0.1, 0.15) is 29.7 Å². The largest absolute Gasteiger partial charge is 0.481 e. The third-order valence-electron chi connectivity index (χ3n) is 4.74. The van der Waals surface area contributed by atoms with Crippen LogP contribution in [-0.2, 0) is 16.4 Å². The second-order valence-electron chi connectivity index (χ2n) is 6.56. The van der Waals surface area contributed by atoms with E-state index in [2.05, 4.69) is 22.9 Å². The molecule has 2 heterocycles. The first-order valence-electron chi connectivity index (χ1n) is 7.85. The summed E-state index contributed by atoms with van der Waals surface area (Å²) in [5, 5.41) is 0. The molecule has 0 N–H and O–H groups in total. The van der Waals surface area contributed by atoms with Gasteiger partial charge in [-0.1, -0.05) is 0 Å². The second kappa shape index (κ2) is 5.81. The number of nitrogens with zero attached hydrogens (tertiary/aromatic N) is 2. The third-order valence-corrected chi connectivity index (χ3v) is 6.40. The molecule has 1 saturated carbocycles. The summed E-state index contributed by atoms with van der Waals surface area (Å²) in [6.45, 7) is 5.36. The van der Waals surface area contributed by atoms with Crippen LogP contribution in [-0.4, -0.2) is 49.5 Å². The van der Waals surface area contributed by atoms with Gasteiger partial charge in [-0.15, -0.1) is 0 Å². The fraction of sp³-hybridized carbons (Fsp3) is 0.688. The van der Waals surface area contributed by atoms with E-state index in [1.165, 1.54) is 0 Å². The van der Waals surface area contributed by atoms with Crippen LogP contribution < -0.4 is 4.74 Å². The van der Waals surface area contributed by atoms with E-state index in [4.69, 9.17) is 4.74 Å². The Kier molecular flexibility index (Phi) is 4.16. The number of methoxy groups -OCH3 is 1. The number of pyridine rings is 1. The molecule has 1 aromatic heterocycles. The number of hydrogen-bond donors (Lipinski definition) is 0. The summed E-state index contributed by atoms with van der Waals surface area (Å²) >= 11 is 0. The fourth-order valence-electron chi connectivity index (χ4n) is 3.38. The molecule has 1 unspecified atom stereocenters. The summed E-state index contributed by atoms with van der Waals surface area (Å²) in [5.41, 5.74) is 3.18. The van der Waals surface area contributed by atoms with Gasteiger partial charge in [0.2, 0.25) is 5.88 Å². The zero-order valence-corrected chi connectivity index (χ0v) is 14.3. The van der Waals surface area contributed by atoms with Crippen molar-refractivity contribution in [3.63, 3.8) is 0 Å². The fourth-order valence-corrected chi connectivity index (χ4v) is 5.06. The molecule has 1 aromatic rings. The maximum absolute atomic E-state index is 12.0. The SMILES string of the molecule is COc1nc(C)cc(C)c1CN1CCS(=O)(=O)CC1C1CC1. The molecular formula is C16H24N2O3S. The molecule has 3 rings (SSSR count). The Labute approximate surface area is 132 Å². The molecular weight excluding hydrogens is 300 g/mol. The van der Waals surface area contributed by atoms with Crippen molar-refractivity contribution in [1.29, 1.82) is 0 Å². The Balaban J connectivity index is 1.86. The average molecular weight is 324 g/mol. The molecule has 1 atom stereocenters. The van der Waals surface area contributed by atoms with Crippen molar-refractivity contribution in [1.82, 2.24) is 9.88 Å². The monoisotopic (exact) mass is 324 g/mol. The highest BCUT2D eigenvalue weighted by molar-refractivity contribution is 7.91. The molecule has 2 aliphatic rings. The van der Waals surface area contributed by atoms with Crippen LogP contribution in [0.2, 0.25) is 0 Å². The van der Waals surface area contributed by atoms with Crippen molar-refractivity contribution in [3.05, 3.63) is 22.9 Å². The highest BCUT2D eigenvalue weighted by Gasteiger charge is 2.41. The molecule has 22 heavy (non-hydrogen) atoms. The second-order valence-corrected chi connectivity index (χ2v) is 8.79. The minimum absolute atomic E-state index is 0.157. The summed E-state index contributed by atoms with van der Waals surface area (Å²) in [6, 6.07) is 2.22. The van der Waals surface area contributed by atoms with E-state index >= 15 is 0 Å². The molecule has 0 aromatic carbocycles. The van der Waals surface area contributed by atoms with Gasteiger partial charge in [0.1, 0.15) is 0 Å². The molecule has 1 aliphatic heterocycles. The normalized spacial score (nSPS) is 25.1. The van der Waals surface area contributed by atoms with Gasteiger partial charge in [0.15, 0.2) is 9.84 Å². The van der Waals surface area contributed by atoms with Gasteiger partial charge < -0.3 is 4.74 Å². The van der Waals surface area contributed by atoms with Crippen LogP contribution >= 0.6 is 0 Å². The predicted molar refractivity (Wildman–Crippen MR) is 85.8 cm³/mol. The van der Waals surface area contributed by atoms with E-state index in [1.54, 1.807) is 7.11 Å². The molecule has 2 fully saturated rings. The first-order valence-corrected chi connectivity index (χ1v) is 9.67. The first kappa shape index (κ1) is 15.7. The Morgan fingerprint density at radius 1 is 1.36 bits per heavy atom. The summed E-state index contributed by atoms with van der Waals surface area (Å²) in [4.78, 5) is 6.78. The van der Waals surface area contributed by atoms with Crippen LogP contribution in [0.15, 0.2) is 6.07 Å². The summed E-state index contributed by atoms with van der Waals surface area (Å²) in [7, 11) is -1.24. The minimum Gasteiger partial charge on any atom is -0.481 e. The van der Waals surface area contributed by atoms with Gasteiger partial charge in [0.25, 0.3) is 0 Å². The van der Waals surface area contributed by atoms with Crippen molar-refractivity contribution in [2.75, 3.05) is 25.2 Å². The molecule has 1 aliphatic carbocycles. The zero-order chi connectivity index (χ0) is 15.9. The highest BCUT2D eigenvalue weighted by Crippen LogP contribution is 2.38. The van der Waals surface area contributed by atoms with E-state index in [-0.39, 0.29) is 11.8 Å². The van der Waals surface area contributed by atoms with Gasteiger partial charge in [-0.3, -0.25) is 4.90 Å². The van der Waals surface area contributed by atoms with E-state index in [1.807, 2.05) is 6.92 Å². The molecule has 5 nitrogen and oxygen atoms in total. The van der Waals surface area contributed by atoms with Gasteiger partial charge >= 0.3 is 0 Å². The average Bonchev–Trinajstić information content (AvgIpc) is 3.27. The van der Waals surface area contributed by atoms with E-state index < -0.39 is 9.84 Å². The van der Waals surface area contributed by atoms with Crippen molar-refractivity contribution in [2.24, 2.45) is 5.92 Å². The van der Waals surface area contributed by atoms with Crippen LogP contribution in [0, 0.1) is 19.8 Å². The van der Waals surface area contributed by atoms with Crippen LogP contribution in [0.4, 0.5) is 0 Å². The molecule has 0 spiro atoms. The molecule has 0 bridgehead atoms. The number of aromatic nitrogens is 1. The third kappa shape index (κ3) is 3.27. The quantitative estimate of drug-likeness (QED) is 0.844. The lowest BCUT2D eigenvalue weighted by Crippen LogP contribution is -2.49. The Morgan fingerprint density at radius 2 is 2.09 bits per heavy atom. The van der Waals surface area contributed by atoms with Gasteiger partial charge in [0.05, 0.1) is 18.6 Å². The van der Waals surface area contributed by atoms with Crippen LogP contribution in [0.5, 0.6) is 5.88 Å². The van der Waals surface area contributed by atoms with Crippen molar-refractivity contribution >= 4 is 9.84 Å². The Morgan fingerprint density at radius 3 is 2.73 bits per heavy atom. The topological polar surface area (TPSA) is 59.5 Å². The molecule has 6 heteroatoms. The van der Waals surface area contributed by atoms with Gasteiger partial charge in [-0.2, -0.15) is 0 Å². The molecule has 1 saturated heterocycles. The molecule has 122 valence electrons. The standard InChI is InChI=1S/C16H24N2O3S/c1-11-8-12(2)17-16(21-3)14(11)9-18-6-7-22(19,20)10-15(18)13-4-5-13/h8,13,15H,4-7,9-10H2,1-3H3. The van der Waals surface area contributed by atoms with Crippen LogP contribution in [0.25, 0.3) is 0 Å². The van der Waals surface area contributed by atoms with Crippen LogP contribution in [0.3, 0.4) is 0 Å². The summed E-state index contributed by atoms with van der Waals surface area (Å²) < 4.78 is 29.4. The summed E-state index contributed by atoms with van der Waals surface area (Å²) in [5.74, 6) is 1.77. The Hall–Kier alpha value is -1.14. The van der Waals surface area contributed by atoms with E-state index in [0.717, 1.165) is 36.2 Å². The summed E-state index contributed by atoms with van der Waals surface area (Å²) in [6.07, 6.45) is 2.30. The van der Waals surface area contributed by atoms with Crippen molar-refractivity contribution in [3.8, 4) is 5.88 Å². The number of rotatable bonds is 4. The van der Waals surface area contributed by atoms with Gasteiger partial charge in [-0.05, 0) is 44.2 Å². The lowest BCUT2D eigenvalue weighted by Gasteiger charge is -2.36. The van der Waals surface area contributed by atoms with E-state index in [0.29, 0.717) is 24.1 Å². The minimum atomic E-state index is -2.88. The smallest absolute Gasteiger partial charge is 0.218 e. The molecule has 0 amide bonds.